The van der Waals surface area contributed by atoms with Crippen LogP contribution in [0.4, 0.5) is 0 Å². The van der Waals surface area contributed by atoms with Crippen molar-refractivity contribution in [1.29, 1.82) is 0 Å². The second-order valence-corrected chi connectivity index (χ2v) is 6.74. The van der Waals surface area contributed by atoms with E-state index in [0.29, 0.717) is 6.61 Å². The normalized spacial score (nSPS) is 26.1. The Hall–Kier alpha value is -0.710. The predicted molar refractivity (Wildman–Crippen MR) is 80.8 cm³/mol. The molecular weight excluding hydrogens is 276 g/mol. The van der Waals surface area contributed by atoms with Gasteiger partial charge < -0.3 is 9.47 Å². The van der Waals surface area contributed by atoms with Crippen LogP contribution in [0.2, 0.25) is 0 Å². The summed E-state index contributed by atoms with van der Waals surface area (Å²) in [4.78, 5) is 23.5. The molecule has 2 atom stereocenters. The maximum Gasteiger partial charge on any atom is 0.320 e. The zero-order chi connectivity index (χ0) is 15.0. The van der Waals surface area contributed by atoms with Crippen LogP contribution in [0, 0.1) is 0 Å². The number of carbonyl (C=O) groups excluding carboxylic acids is 2. The molecule has 0 aromatic heterocycles. The predicted octanol–water partition coefficient (Wildman–Crippen LogP) is 3.33. The highest BCUT2D eigenvalue weighted by Crippen LogP contribution is 2.34. The quantitative estimate of drug-likeness (QED) is 0.508. The Morgan fingerprint density at radius 3 is 2.75 bits per heavy atom. The van der Waals surface area contributed by atoms with E-state index >= 15 is 0 Å². The summed E-state index contributed by atoms with van der Waals surface area (Å²) < 4.78 is 10.6. The first-order valence-electron chi connectivity index (χ1n) is 7.51. The summed E-state index contributed by atoms with van der Waals surface area (Å²) in [6, 6.07) is 0. The van der Waals surface area contributed by atoms with Crippen LogP contribution in [0.15, 0.2) is 0 Å². The van der Waals surface area contributed by atoms with Gasteiger partial charge in [0.1, 0.15) is 10.9 Å². The Morgan fingerprint density at radius 2 is 2.15 bits per heavy atom. The summed E-state index contributed by atoms with van der Waals surface area (Å²) in [6.07, 6.45) is 5.20. The van der Waals surface area contributed by atoms with Crippen molar-refractivity contribution in [2.75, 3.05) is 12.4 Å². The minimum absolute atomic E-state index is 0.120. The van der Waals surface area contributed by atoms with Crippen LogP contribution in [0.25, 0.3) is 0 Å². The molecule has 1 saturated heterocycles. The van der Waals surface area contributed by atoms with Gasteiger partial charge in [-0.1, -0.05) is 26.7 Å². The molecule has 0 spiro atoms. The highest BCUT2D eigenvalue weighted by molar-refractivity contribution is 8.00. The lowest BCUT2D eigenvalue weighted by Crippen LogP contribution is -2.44. The van der Waals surface area contributed by atoms with Crippen molar-refractivity contribution >= 4 is 23.7 Å². The average molecular weight is 302 g/mol. The number of hydrogen-bond donors (Lipinski definition) is 0. The second kappa shape index (κ2) is 8.55. The number of carbonyl (C=O) groups is 2. The SMILES string of the molecule is CCCCCC1(C)CSC(CC(=O)OCCC)C(=O)O1. The van der Waals surface area contributed by atoms with Gasteiger partial charge in [-0.2, -0.15) is 0 Å². The first kappa shape index (κ1) is 17.3. The molecule has 0 aromatic carbocycles. The lowest BCUT2D eigenvalue weighted by Gasteiger charge is -2.36. The molecule has 1 heterocycles. The average Bonchev–Trinajstić information content (AvgIpc) is 2.40. The van der Waals surface area contributed by atoms with E-state index in [9.17, 15) is 9.59 Å². The van der Waals surface area contributed by atoms with E-state index in [2.05, 4.69) is 6.92 Å². The van der Waals surface area contributed by atoms with Crippen molar-refractivity contribution in [3.8, 4) is 0 Å². The number of rotatable bonds is 8. The molecule has 1 fully saturated rings. The van der Waals surface area contributed by atoms with Crippen molar-refractivity contribution in [2.45, 2.75) is 70.1 Å². The summed E-state index contributed by atoms with van der Waals surface area (Å²) in [7, 11) is 0. The minimum Gasteiger partial charge on any atom is -0.466 e. The van der Waals surface area contributed by atoms with Crippen molar-refractivity contribution in [2.24, 2.45) is 0 Å². The Labute approximate surface area is 126 Å². The van der Waals surface area contributed by atoms with E-state index in [0.717, 1.165) is 37.9 Å². The Bertz CT molecular complexity index is 332. The summed E-state index contributed by atoms with van der Waals surface area (Å²) in [5, 5.41) is -0.404. The number of hydrogen-bond acceptors (Lipinski definition) is 5. The molecule has 0 aromatic rings. The molecule has 1 aliphatic heterocycles. The van der Waals surface area contributed by atoms with Gasteiger partial charge >= 0.3 is 11.9 Å². The molecule has 0 radical (unpaired) electrons. The molecule has 0 saturated carbocycles. The molecule has 20 heavy (non-hydrogen) atoms. The fourth-order valence-corrected chi connectivity index (χ4v) is 3.32. The summed E-state index contributed by atoms with van der Waals surface area (Å²) in [5.41, 5.74) is -0.374. The highest BCUT2D eigenvalue weighted by atomic mass is 32.2. The molecule has 1 rings (SSSR count). The molecule has 0 bridgehead atoms. The fourth-order valence-electron chi connectivity index (χ4n) is 2.12. The van der Waals surface area contributed by atoms with Gasteiger partial charge in [0.2, 0.25) is 0 Å². The maximum atomic E-state index is 12.0. The molecule has 0 N–H and O–H groups in total. The molecule has 2 unspecified atom stereocenters. The topological polar surface area (TPSA) is 52.6 Å². The van der Waals surface area contributed by atoms with Crippen LogP contribution < -0.4 is 0 Å². The van der Waals surface area contributed by atoms with Crippen LogP contribution in [0.3, 0.4) is 0 Å². The van der Waals surface area contributed by atoms with Crippen LogP contribution in [0.1, 0.15) is 59.3 Å². The number of ether oxygens (including phenoxy) is 2. The van der Waals surface area contributed by atoms with Gasteiger partial charge in [0.15, 0.2) is 0 Å². The van der Waals surface area contributed by atoms with Gasteiger partial charge in [0.25, 0.3) is 0 Å². The first-order valence-corrected chi connectivity index (χ1v) is 8.55. The molecular formula is C15H26O4S. The van der Waals surface area contributed by atoms with Gasteiger partial charge in [-0.25, -0.2) is 0 Å². The van der Waals surface area contributed by atoms with E-state index in [4.69, 9.17) is 9.47 Å². The standard InChI is InChI=1S/C15H26O4S/c1-4-6-7-8-15(3)11-20-12(14(17)19-15)10-13(16)18-9-5-2/h12H,4-11H2,1-3H3. The maximum absolute atomic E-state index is 12.0. The lowest BCUT2D eigenvalue weighted by atomic mass is 10.00. The van der Waals surface area contributed by atoms with Crippen molar-refractivity contribution < 1.29 is 19.1 Å². The molecule has 116 valence electrons. The number of esters is 2. The molecule has 0 aliphatic carbocycles. The van der Waals surface area contributed by atoms with Gasteiger partial charge in [0, 0.05) is 5.75 Å². The third kappa shape index (κ3) is 5.73. The number of cyclic esters (lactones) is 1. The Morgan fingerprint density at radius 1 is 1.40 bits per heavy atom. The monoisotopic (exact) mass is 302 g/mol. The number of thioether (sulfide) groups is 1. The zero-order valence-electron chi connectivity index (χ0n) is 12.8. The largest absolute Gasteiger partial charge is 0.466 e. The summed E-state index contributed by atoms with van der Waals surface area (Å²) in [6.45, 7) is 6.50. The molecule has 4 nitrogen and oxygen atoms in total. The fraction of sp³-hybridized carbons (Fsp3) is 0.867. The minimum atomic E-state index is -0.404. The van der Waals surface area contributed by atoms with Crippen molar-refractivity contribution in [3.05, 3.63) is 0 Å². The Balaban J connectivity index is 2.39. The smallest absolute Gasteiger partial charge is 0.320 e. The molecule has 1 aliphatic rings. The number of unbranched alkanes of at least 4 members (excludes halogenated alkanes) is 2. The highest BCUT2D eigenvalue weighted by Gasteiger charge is 2.39. The van der Waals surface area contributed by atoms with Crippen LogP contribution >= 0.6 is 11.8 Å². The van der Waals surface area contributed by atoms with Crippen molar-refractivity contribution in [3.63, 3.8) is 0 Å². The van der Waals surface area contributed by atoms with Gasteiger partial charge in [0.05, 0.1) is 13.0 Å². The van der Waals surface area contributed by atoms with Crippen LogP contribution in [-0.4, -0.2) is 35.1 Å². The lowest BCUT2D eigenvalue weighted by molar-refractivity contribution is -0.160. The first-order chi connectivity index (χ1) is 9.50. The van der Waals surface area contributed by atoms with Crippen LogP contribution in [0.5, 0.6) is 0 Å². The third-order valence-corrected chi connectivity index (χ3v) is 4.87. The molecule has 5 heteroatoms. The summed E-state index contributed by atoms with van der Waals surface area (Å²) in [5.74, 6) is 0.179. The van der Waals surface area contributed by atoms with Gasteiger partial charge in [-0.15, -0.1) is 11.8 Å². The van der Waals surface area contributed by atoms with Crippen LogP contribution in [-0.2, 0) is 19.1 Å². The van der Waals surface area contributed by atoms with Crippen molar-refractivity contribution in [1.82, 2.24) is 0 Å². The zero-order valence-corrected chi connectivity index (χ0v) is 13.6. The van der Waals surface area contributed by atoms with E-state index in [1.54, 1.807) is 0 Å². The second-order valence-electron chi connectivity index (χ2n) is 5.55. The van der Waals surface area contributed by atoms with Gasteiger partial charge in [-0.3, -0.25) is 9.59 Å². The Kier molecular flexibility index (Phi) is 7.41. The van der Waals surface area contributed by atoms with E-state index in [1.165, 1.54) is 11.8 Å². The summed E-state index contributed by atoms with van der Waals surface area (Å²) >= 11 is 1.52. The van der Waals surface area contributed by atoms with E-state index in [1.807, 2.05) is 13.8 Å². The van der Waals surface area contributed by atoms with Gasteiger partial charge in [-0.05, 0) is 26.2 Å². The molecule has 0 amide bonds. The van der Waals surface area contributed by atoms with E-state index in [-0.39, 0.29) is 24.0 Å². The third-order valence-electron chi connectivity index (χ3n) is 3.33. The van der Waals surface area contributed by atoms with E-state index < -0.39 is 5.25 Å².